The van der Waals surface area contributed by atoms with Crippen LogP contribution in [0.5, 0.6) is 0 Å². The van der Waals surface area contributed by atoms with E-state index in [1.165, 1.54) is 36.8 Å². The van der Waals surface area contributed by atoms with Gasteiger partial charge in [0.25, 0.3) is 0 Å². The quantitative estimate of drug-likeness (QED) is 0.723. The number of hydrogen-bond acceptors (Lipinski definition) is 2. The predicted octanol–water partition coefficient (Wildman–Crippen LogP) is 4.04. The summed E-state index contributed by atoms with van der Waals surface area (Å²) in [5, 5.41) is 3.67. The van der Waals surface area contributed by atoms with Crippen molar-refractivity contribution in [3.63, 3.8) is 0 Å². The van der Waals surface area contributed by atoms with Crippen molar-refractivity contribution in [2.75, 3.05) is 13.2 Å². The van der Waals surface area contributed by atoms with Crippen molar-refractivity contribution < 1.29 is 4.74 Å². The Labute approximate surface area is 123 Å². The smallest absolute Gasteiger partial charge is 0.0518 e. The van der Waals surface area contributed by atoms with Crippen molar-refractivity contribution in [2.45, 2.75) is 64.5 Å². The highest BCUT2D eigenvalue weighted by atomic mass is 16.5. The first-order valence-electron chi connectivity index (χ1n) is 8.06. The fourth-order valence-electron chi connectivity index (χ4n) is 2.83. The highest BCUT2D eigenvalue weighted by Gasteiger charge is 2.29. The van der Waals surface area contributed by atoms with Gasteiger partial charge in [0.05, 0.1) is 6.10 Å². The van der Waals surface area contributed by atoms with Crippen LogP contribution in [0.2, 0.25) is 0 Å². The third-order valence-corrected chi connectivity index (χ3v) is 4.11. The van der Waals surface area contributed by atoms with Gasteiger partial charge in [-0.15, -0.1) is 0 Å². The SMILES string of the molecule is Cc1cccc(C2CC(NCCCCOC(C)C)C2)c1. The lowest BCUT2D eigenvalue weighted by Crippen LogP contribution is -2.40. The van der Waals surface area contributed by atoms with Crippen molar-refractivity contribution in [1.29, 1.82) is 0 Å². The summed E-state index contributed by atoms with van der Waals surface area (Å²) in [4.78, 5) is 0. The molecule has 2 rings (SSSR count). The largest absolute Gasteiger partial charge is 0.379 e. The number of nitrogens with one attached hydrogen (secondary N) is 1. The molecule has 0 bridgehead atoms. The maximum atomic E-state index is 5.55. The third kappa shape index (κ3) is 4.92. The van der Waals surface area contributed by atoms with E-state index in [4.69, 9.17) is 4.74 Å². The zero-order valence-corrected chi connectivity index (χ0v) is 13.2. The Bertz CT molecular complexity index is 396. The van der Waals surface area contributed by atoms with E-state index < -0.39 is 0 Å². The molecule has 1 aromatic rings. The summed E-state index contributed by atoms with van der Waals surface area (Å²) in [6.07, 6.45) is 5.35. The average molecular weight is 275 g/mol. The molecule has 0 atom stereocenters. The predicted molar refractivity (Wildman–Crippen MR) is 85.3 cm³/mol. The van der Waals surface area contributed by atoms with Gasteiger partial charge in [0.2, 0.25) is 0 Å². The summed E-state index contributed by atoms with van der Waals surface area (Å²) >= 11 is 0. The molecule has 1 aliphatic carbocycles. The fourth-order valence-corrected chi connectivity index (χ4v) is 2.83. The molecule has 1 aliphatic rings. The minimum Gasteiger partial charge on any atom is -0.379 e. The number of benzene rings is 1. The molecule has 0 unspecified atom stereocenters. The molecule has 0 aliphatic heterocycles. The molecule has 0 saturated heterocycles. The molecule has 112 valence electrons. The average Bonchev–Trinajstić information content (AvgIpc) is 2.35. The number of ether oxygens (including phenoxy) is 1. The van der Waals surface area contributed by atoms with Crippen molar-refractivity contribution in [3.05, 3.63) is 35.4 Å². The van der Waals surface area contributed by atoms with E-state index in [2.05, 4.69) is 50.4 Å². The van der Waals surface area contributed by atoms with E-state index in [1.54, 1.807) is 0 Å². The van der Waals surface area contributed by atoms with E-state index in [1.807, 2.05) is 0 Å². The van der Waals surface area contributed by atoms with Gasteiger partial charge in [-0.3, -0.25) is 0 Å². The van der Waals surface area contributed by atoms with E-state index in [0.29, 0.717) is 6.10 Å². The van der Waals surface area contributed by atoms with Crippen molar-refractivity contribution >= 4 is 0 Å². The van der Waals surface area contributed by atoms with Crippen molar-refractivity contribution in [3.8, 4) is 0 Å². The summed E-state index contributed by atoms with van der Waals surface area (Å²) in [6, 6.07) is 9.70. The second-order valence-electron chi connectivity index (χ2n) is 6.36. The summed E-state index contributed by atoms with van der Waals surface area (Å²) in [7, 11) is 0. The fraction of sp³-hybridized carbons (Fsp3) is 0.667. The first kappa shape index (κ1) is 15.5. The molecule has 0 radical (unpaired) electrons. The van der Waals surface area contributed by atoms with Gasteiger partial charge in [-0.05, 0) is 64.5 Å². The standard InChI is InChI=1S/C18H29NO/c1-14(2)20-10-5-4-9-19-18-12-17(13-18)16-8-6-7-15(3)11-16/h6-8,11,14,17-19H,4-5,9-10,12-13H2,1-3H3. The van der Waals surface area contributed by atoms with Crippen LogP contribution < -0.4 is 5.32 Å². The van der Waals surface area contributed by atoms with Crippen LogP contribution in [0.15, 0.2) is 24.3 Å². The summed E-state index contributed by atoms with van der Waals surface area (Å²) < 4.78 is 5.55. The summed E-state index contributed by atoms with van der Waals surface area (Å²) in [5.74, 6) is 0.775. The molecule has 20 heavy (non-hydrogen) atoms. The van der Waals surface area contributed by atoms with Crippen LogP contribution in [0.3, 0.4) is 0 Å². The van der Waals surface area contributed by atoms with Crippen LogP contribution in [0, 0.1) is 6.92 Å². The molecule has 1 fully saturated rings. The molecule has 0 spiro atoms. The number of aryl methyl sites for hydroxylation is 1. The van der Waals surface area contributed by atoms with E-state index in [0.717, 1.165) is 25.1 Å². The molecule has 2 nitrogen and oxygen atoms in total. The maximum absolute atomic E-state index is 5.55. The van der Waals surface area contributed by atoms with Gasteiger partial charge >= 0.3 is 0 Å². The van der Waals surface area contributed by atoms with Crippen LogP contribution in [-0.2, 0) is 4.74 Å². The minimum absolute atomic E-state index is 0.365. The van der Waals surface area contributed by atoms with Gasteiger partial charge in [-0.2, -0.15) is 0 Å². The summed E-state index contributed by atoms with van der Waals surface area (Å²) in [5.41, 5.74) is 2.90. The Balaban J connectivity index is 1.54. The Hall–Kier alpha value is -0.860. The first-order valence-corrected chi connectivity index (χ1v) is 8.06. The van der Waals surface area contributed by atoms with Crippen LogP contribution in [0.4, 0.5) is 0 Å². The number of unbranched alkanes of at least 4 members (excludes halogenated alkanes) is 1. The minimum atomic E-state index is 0.365. The first-order chi connectivity index (χ1) is 9.65. The molecule has 1 N–H and O–H groups in total. The molecule has 1 aromatic carbocycles. The van der Waals surface area contributed by atoms with Crippen LogP contribution in [0.1, 0.15) is 56.6 Å². The Morgan fingerprint density at radius 3 is 2.75 bits per heavy atom. The number of hydrogen-bond donors (Lipinski definition) is 1. The Morgan fingerprint density at radius 2 is 2.05 bits per heavy atom. The third-order valence-electron chi connectivity index (χ3n) is 4.11. The van der Waals surface area contributed by atoms with Gasteiger partial charge in [-0.1, -0.05) is 29.8 Å². The van der Waals surface area contributed by atoms with Crippen molar-refractivity contribution in [1.82, 2.24) is 5.32 Å². The molecule has 0 amide bonds. The lowest BCUT2D eigenvalue weighted by atomic mass is 9.75. The zero-order chi connectivity index (χ0) is 14.4. The molecule has 2 heteroatoms. The lowest BCUT2D eigenvalue weighted by molar-refractivity contribution is 0.0757. The Kier molecular flexibility index (Phi) is 6.06. The van der Waals surface area contributed by atoms with Gasteiger partial charge < -0.3 is 10.1 Å². The Morgan fingerprint density at radius 1 is 1.25 bits per heavy atom. The second-order valence-corrected chi connectivity index (χ2v) is 6.36. The second kappa shape index (κ2) is 7.80. The molecular weight excluding hydrogens is 246 g/mol. The molecule has 1 saturated carbocycles. The van der Waals surface area contributed by atoms with Gasteiger partial charge in [0.1, 0.15) is 0 Å². The van der Waals surface area contributed by atoms with E-state index in [9.17, 15) is 0 Å². The summed E-state index contributed by atoms with van der Waals surface area (Å²) in [6.45, 7) is 8.40. The van der Waals surface area contributed by atoms with E-state index >= 15 is 0 Å². The maximum Gasteiger partial charge on any atom is 0.0518 e. The lowest BCUT2D eigenvalue weighted by Gasteiger charge is -2.36. The van der Waals surface area contributed by atoms with Crippen LogP contribution in [0.25, 0.3) is 0 Å². The highest BCUT2D eigenvalue weighted by Crippen LogP contribution is 2.36. The van der Waals surface area contributed by atoms with Gasteiger partial charge in [0.15, 0.2) is 0 Å². The molecule has 0 aromatic heterocycles. The van der Waals surface area contributed by atoms with Gasteiger partial charge in [-0.25, -0.2) is 0 Å². The van der Waals surface area contributed by atoms with Crippen molar-refractivity contribution in [2.24, 2.45) is 0 Å². The highest BCUT2D eigenvalue weighted by molar-refractivity contribution is 5.27. The van der Waals surface area contributed by atoms with E-state index in [-0.39, 0.29) is 0 Å². The topological polar surface area (TPSA) is 21.3 Å². The normalized spacial score (nSPS) is 22.0. The number of rotatable bonds is 8. The molecular formula is C18H29NO. The monoisotopic (exact) mass is 275 g/mol. The van der Waals surface area contributed by atoms with Crippen LogP contribution in [-0.4, -0.2) is 25.3 Å². The van der Waals surface area contributed by atoms with Gasteiger partial charge in [0, 0.05) is 12.6 Å². The van der Waals surface area contributed by atoms with Crippen LogP contribution >= 0.6 is 0 Å². The molecule has 0 heterocycles. The zero-order valence-electron chi connectivity index (χ0n) is 13.2.